The van der Waals surface area contributed by atoms with Crippen LogP contribution in [0.1, 0.15) is 49.7 Å². The molecule has 1 aromatic rings. The number of aliphatic hydroxyl groups excluding tert-OH is 1. The quantitative estimate of drug-likeness (QED) is 0.802. The van der Waals surface area contributed by atoms with Gasteiger partial charge in [0.1, 0.15) is 0 Å². The van der Waals surface area contributed by atoms with Crippen LogP contribution < -0.4 is 5.43 Å². The lowest BCUT2D eigenvalue weighted by Crippen LogP contribution is -2.62. The molecule has 1 aromatic carbocycles. The Morgan fingerprint density at radius 2 is 1.72 bits per heavy atom. The van der Waals surface area contributed by atoms with Gasteiger partial charge in [-0.15, -0.1) is 0 Å². The molecule has 4 bridgehead atoms. The van der Waals surface area contributed by atoms with Gasteiger partial charge in [0, 0.05) is 32.7 Å². The predicted octanol–water partition coefficient (Wildman–Crippen LogP) is 2.47. The van der Waals surface area contributed by atoms with Gasteiger partial charge in [-0.05, 0) is 68.3 Å². The third kappa shape index (κ3) is 3.51. The van der Waals surface area contributed by atoms with E-state index in [9.17, 15) is 4.79 Å². The Hall–Kier alpha value is -1.43. The van der Waals surface area contributed by atoms with Crippen molar-refractivity contribution in [3.05, 3.63) is 35.4 Å². The molecule has 1 saturated heterocycles. The number of aliphatic hydroxyl groups is 1. The van der Waals surface area contributed by atoms with Crippen molar-refractivity contribution in [2.75, 3.05) is 39.3 Å². The Morgan fingerprint density at radius 3 is 2.34 bits per heavy atom. The van der Waals surface area contributed by atoms with E-state index in [1.165, 1.54) is 30.4 Å². The fourth-order valence-electron chi connectivity index (χ4n) is 7.26. The second-order valence-electron chi connectivity index (χ2n) is 10.4. The lowest BCUT2D eigenvalue weighted by molar-refractivity contribution is -0.155. The first-order valence-corrected chi connectivity index (χ1v) is 11.5. The molecule has 4 aliphatic carbocycles. The highest BCUT2D eigenvalue weighted by Crippen LogP contribution is 2.65. The molecule has 0 spiro atoms. The van der Waals surface area contributed by atoms with Crippen molar-refractivity contribution in [2.45, 2.75) is 50.9 Å². The van der Waals surface area contributed by atoms with Crippen molar-refractivity contribution in [1.82, 2.24) is 15.3 Å². The minimum absolute atomic E-state index is 0.183. The van der Waals surface area contributed by atoms with Crippen LogP contribution in [0.15, 0.2) is 24.3 Å². The fourth-order valence-corrected chi connectivity index (χ4v) is 7.26. The molecule has 158 valence electrons. The number of carbonyl (C=O) groups excluding carboxylic acids is 1. The highest BCUT2D eigenvalue weighted by molar-refractivity contribution is 5.83. The monoisotopic (exact) mass is 397 g/mol. The number of carbonyl (C=O) groups is 1. The number of benzene rings is 1. The summed E-state index contributed by atoms with van der Waals surface area (Å²) in [6.07, 6.45) is 7.03. The number of aryl methyl sites for hydroxylation is 1. The van der Waals surface area contributed by atoms with E-state index in [4.69, 9.17) is 5.11 Å². The summed E-state index contributed by atoms with van der Waals surface area (Å²) in [6.45, 7) is 6.60. The summed E-state index contributed by atoms with van der Waals surface area (Å²) >= 11 is 0. The number of nitrogens with zero attached hydrogens (tertiary/aromatic N) is 2. The molecule has 5 heteroatoms. The maximum absolute atomic E-state index is 13.6. The Balaban J connectivity index is 1.32. The molecule has 1 amide bonds. The summed E-state index contributed by atoms with van der Waals surface area (Å²) in [7, 11) is 0. The van der Waals surface area contributed by atoms with Crippen LogP contribution in [0, 0.1) is 24.2 Å². The number of piperazine rings is 1. The van der Waals surface area contributed by atoms with E-state index in [0.717, 1.165) is 52.0 Å². The fraction of sp³-hybridized carbons (Fsp3) is 0.708. The molecule has 5 nitrogen and oxygen atoms in total. The van der Waals surface area contributed by atoms with E-state index in [1.54, 1.807) is 0 Å². The number of hydrogen-bond donors (Lipinski definition) is 2. The van der Waals surface area contributed by atoms with E-state index in [-0.39, 0.29) is 23.3 Å². The van der Waals surface area contributed by atoms with Gasteiger partial charge in [0.05, 0.1) is 12.0 Å². The number of amides is 1. The lowest BCUT2D eigenvalue weighted by atomic mass is 9.42. The molecule has 2 atom stereocenters. The van der Waals surface area contributed by atoms with Crippen LogP contribution >= 0.6 is 0 Å². The molecule has 6 rings (SSSR count). The second-order valence-corrected chi connectivity index (χ2v) is 10.4. The number of hydrogen-bond acceptors (Lipinski definition) is 4. The number of β-amino-alcohol motifs (C(OH)–C–C–N with tert-alkyl or cyclic N) is 1. The minimum Gasteiger partial charge on any atom is -0.395 e. The Labute approximate surface area is 174 Å². The zero-order valence-corrected chi connectivity index (χ0v) is 17.7. The number of rotatable bonds is 5. The average molecular weight is 398 g/mol. The van der Waals surface area contributed by atoms with Crippen molar-refractivity contribution in [3.8, 4) is 0 Å². The molecule has 0 aromatic heterocycles. The van der Waals surface area contributed by atoms with Crippen LogP contribution in [0.3, 0.4) is 0 Å². The second kappa shape index (κ2) is 7.36. The molecule has 1 aliphatic heterocycles. The van der Waals surface area contributed by atoms with E-state index >= 15 is 0 Å². The largest absolute Gasteiger partial charge is 0.395 e. The summed E-state index contributed by atoms with van der Waals surface area (Å²) in [6, 6.07) is 9.14. The van der Waals surface area contributed by atoms with Gasteiger partial charge >= 0.3 is 0 Å². The summed E-state index contributed by atoms with van der Waals surface area (Å²) in [5.74, 6) is 1.67. The van der Waals surface area contributed by atoms with Crippen LogP contribution in [0.4, 0.5) is 0 Å². The minimum atomic E-state index is -0.183. The highest BCUT2D eigenvalue weighted by Gasteiger charge is 2.61. The van der Waals surface area contributed by atoms with E-state index in [2.05, 4.69) is 46.5 Å². The molecule has 1 heterocycles. The van der Waals surface area contributed by atoms with Gasteiger partial charge in [-0.2, -0.15) is 0 Å². The number of hydrazine groups is 1. The first-order chi connectivity index (χ1) is 14.0. The van der Waals surface area contributed by atoms with Crippen molar-refractivity contribution in [3.63, 3.8) is 0 Å². The first-order valence-electron chi connectivity index (χ1n) is 11.5. The Bertz CT molecular complexity index is 740. The van der Waals surface area contributed by atoms with Crippen molar-refractivity contribution in [2.24, 2.45) is 17.3 Å². The van der Waals surface area contributed by atoms with Gasteiger partial charge < -0.3 is 5.11 Å². The van der Waals surface area contributed by atoms with Gasteiger partial charge in [-0.25, -0.2) is 5.01 Å². The summed E-state index contributed by atoms with van der Waals surface area (Å²) in [4.78, 5) is 15.9. The molecule has 5 fully saturated rings. The normalized spacial score (nSPS) is 37.0. The van der Waals surface area contributed by atoms with Crippen LogP contribution in [-0.4, -0.2) is 60.3 Å². The van der Waals surface area contributed by atoms with E-state index in [1.807, 2.05) is 0 Å². The Morgan fingerprint density at radius 1 is 1.07 bits per heavy atom. The molecule has 5 aliphatic rings. The highest BCUT2D eigenvalue weighted by atomic mass is 16.3. The van der Waals surface area contributed by atoms with Gasteiger partial charge in [-0.3, -0.25) is 15.1 Å². The topological polar surface area (TPSA) is 55.8 Å². The summed E-state index contributed by atoms with van der Waals surface area (Å²) in [5, 5.41) is 11.3. The molecule has 29 heavy (non-hydrogen) atoms. The lowest BCUT2D eigenvalue weighted by Gasteiger charge is -2.61. The van der Waals surface area contributed by atoms with Crippen molar-refractivity contribution < 1.29 is 9.90 Å². The molecular formula is C24H35N3O2. The van der Waals surface area contributed by atoms with E-state index in [0.29, 0.717) is 11.8 Å². The average Bonchev–Trinajstić information content (AvgIpc) is 2.69. The maximum Gasteiger partial charge on any atom is 0.240 e. The molecule has 0 radical (unpaired) electrons. The predicted molar refractivity (Wildman–Crippen MR) is 113 cm³/mol. The summed E-state index contributed by atoms with van der Waals surface area (Å²) in [5.41, 5.74) is 6.12. The number of nitrogens with one attached hydrogen (secondary N) is 1. The van der Waals surface area contributed by atoms with Crippen LogP contribution in [0.25, 0.3) is 0 Å². The van der Waals surface area contributed by atoms with Crippen molar-refractivity contribution in [1.29, 1.82) is 0 Å². The zero-order valence-electron chi connectivity index (χ0n) is 17.7. The zero-order chi connectivity index (χ0) is 20.1. The van der Waals surface area contributed by atoms with Gasteiger partial charge in [-0.1, -0.05) is 29.8 Å². The third-order valence-corrected chi connectivity index (χ3v) is 8.25. The SMILES string of the molecule is Cc1ccc(C23C[C@H]4C[C@@H](CC(C(=O)NN5CCN(CCO)CC5)(C4)C2)C3)cc1. The maximum atomic E-state index is 13.6. The third-order valence-electron chi connectivity index (χ3n) is 8.25. The first kappa shape index (κ1) is 19.5. The smallest absolute Gasteiger partial charge is 0.240 e. The molecule has 0 unspecified atom stereocenters. The summed E-state index contributed by atoms with van der Waals surface area (Å²) < 4.78 is 0. The van der Waals surface area contributed by atoms with Gasteiger partial charge in [0.15, 0.2) is 0 Å². The van der Waals surface area contributed by atoms with Crippen molar-refractivity contribution >= 4 is 5.91 Å². The molecule has 4 saturated carbocycles. The van der Waals surface area contributed by atoms with Crippen LogP contribution in [0.2, 0.25) is 0 Å². The standard InChI is InChI=1S/C24H35N3O2/c1-18-2-4-21(5-3-18)23-13-19-12-20(14-23)16-24(15-19,17-23)22(29)25-27-8-6-26(7-9-27)10-11-28/h2-5,19-20,28H,6-17H2,1H3,(H,25,29)/t19-,20-,23?,24?/m1/s1. The van der Waals surface area contributed by atoms with Crippen LogP contribution in [-0.2, 0) is 10.2 Å². The molecular weight excluding hydrogens is 362 g/mol. The Kier molecular flexibility index (Phi) is 4.96. The van der Waals surface area contributed by atoms with Gasteiger partial charge in [0.2, 0.25) is 5.91 Å². The van der Waals surface area contributed by atoms with Gasteiger partial charge in [0.25, 0.3) is 0 Å². The molecule has 2 N–H and O–H groups in total. The van der Waals surface area contributed by atoms with E-state index < -0.39 is 0 Å². The van der Waals surface area contributed by atoms with Crippen LogP contribution in [0.5, 0.6) is 0 Å².